The number of anilines is 1. The molecule has 1 aliphatic rings. The van der Waals surface area contributed by atoms with Gasteiger partial charge >= 0.3 is 0 Å². The Balaban J connectivity index is 1.43. The minimum Gasteiger partial charge on any atom is -0.378 e. The van der Waals surface area contributed by atoms with E-state index in [-0.39, 0.29) is 0 Å². The second kappa shape index (κ2) is 9.13. The molecule has 0 amide bonds. The van der Waals surface area contributed by atoms with E-state index in [1.807, 2.05) is 12.1 Å². The third kappa shape index (κ3) is 5.26. The molecule has 2 N–H and O–H groups in total. The van der Waals surface area contributed by atoms with E-state index in [0.29, 0.717) is 0 Å². The molecule has 3 rings (SSSR count). The second-order valence-electron chi connectivity index (χ2n) is 6.04. The first-order valence-corrected chi connectivity index (χ1v) is 8.82. The molecule has 134 valence electrons. The van der Waals surface area contributed by atoms with Crippen LogP contribution in [-0.2, 0) is 17.8 Å². The van der Waals surface area contributed by atoms with Gasteiger partial charge in [-0.05, 0) is 29.8 Å². The maximum Gasteiger partial charge on any atom is 0.191 e. The molecule has 1 aromatic heterocycles. The fourth-order valence-corrected chi connectivity index (χ4v) is 2.88. The van der Waals surface area contributed by atoms with Gasteiger partial charge in [0.1, 0.15) is 0 Å². The first kappa shape index (κ1) is 17.4. The highest BCUT2D eigenvalue weighted by Gasteiger charge is 2.10. The summed E-state index contributed by atoms with van der Waals surface area (Å²) in [5.41, 5.74) is 2.51. The van der Waals surface area contributed by atoms with Crippen molar-refractivity contribution in [2.75, 3.05) is 44.8 Å². The Kier molecular flexibility index (Phi) is 6.34. The third-order valence-corrected chi connectivity index (χ3v) is 4.32. The van der Waals surface area contributed by atoms with Crippen LogP contribution in [0.2, 0.25) is 0 Å². The Hall–Kier alpha value is -2.47. The van der Waals surface area contributed by atoms with E-state index in [9.17, 15) is 0 Å². The van der Waals surface area contributed by atoms with Crippen LogP contribution in [0.25, 0.3) is 0 Å². The Bertz CT molecular complexity index is 645. The summed E-state index contributed by atoms with van der Waals surface area (Å²) >= 11 is 0. The molecule has 1 aliphatic heterocycles. The van der Waals surface area contributed by atoms with Gasteiger partial charge in [-0.2, -0.15) is 0 Å². The minimum atomic E-state index is 0.757. The number of aromatic nitrogens is 1. The first-order valence-electron chi connectivity index (χ1n) is 8.82. The van der Waals surface area contributed by atoms with Crippen molar-refractivity contribution in [2.45, 2.75) is 13.1 Å². The van der Waals surface area contributed by atoms with Crippen LogP contribution >= 0.6 is 0 Å². The smallest absolute Gasteiger partial charge is 0.191 e. The van der Waals surface area contributed by atoms with E-state index in [4.69, 9.17) is 4.74 Å². The third-order valence-electron chi connectivity index (χ3n) is 4.32. The monoisotopic (exact) mass is 341 g/mol. The molecule has 0 bridgehead atoms. The molecule has 2 aromatic rings. The Labute approximate surface area is 149 Å². The highest BCUT2D eigenvalue weighted by molar-refractivity contribution is 5.79. The van der Waals surface area contributed by atoms with Crippen molar-refractivity contribution in [1.82, 2.24) is 15.2 Å². The molecule has 1 aromatic carbocycles. The zero-order chi connectivity index (χ0) is 17.3. The summed E-state index contributed by atoms with van der Waals surface area (Å²) in [6.07, 6.45) is 4.13. The van der Waals surface area contributed by atoms with E-state index >= 15 is 0 Å². The van der Waals surface area contributed by atoms with E-state index in [1.165, 1.54) is 11.3 Å². The van der Waals surface area contributed by atoms with Crippen molar-refractivity contribution in [3.8, 4) is 0 Å². The number of rotatable bonds is 6. The second-order valence-corrected chi connectivity index (χ2v) is 6.04. The lowest BCUT2D eigenvalue weighted by Gasteiger charge is -2.28. The number of hydrogen-bond donors (Lipinski definition) is 2. The maximum absolute atomic E-state index is 5.40. The molecule has 6 nitrogen and oxygen atoms in total. The van der Waals surface area contributed by atoms with Gasteiger partial charge in [0.25, 0.3) is 0 Å². The number of morpholine rings is 1. The van der Waals surface area contributed by atoms with Gasteiger partial charge in [-0.3, -0.25) is 4.99 Å². The quantitative estimate of drug-likeness (QED) is 0.620. The maximum atomic E-state index is 5.40. The number of hydrogen-bond acceptors (Lipinski definition) is 3. The van der Waals surface area contributed by atoms with E-state index in [2.05, 4.69) is 61.8 Å². The van der Waals surface area contributed by atoms with Gasteiger partial charge in [0, 0.05) is 57.9 Å². The number of nitrogens with zero attached hydrogens (tertiary/aromatic N) is 3. The van der Waals surface area contributed by atoms with Crippen molar-refractivity contribution >= 4 is 11.6 Å². The van der Waals surface area contributed by atoms with Crippen LogP contribution in [0.5, 0.6) is 0 Å². The summed E-state index contributed by atoms with van der Waals surface area (Å²) in [6, 6.07) is 12.8. The standard InChI is InChI=1S/C19H27N5O/c1-20-19(21-8-11-23-9-2-3-10-23)22-16-17-4-6-18(7-5-17)24-12-14-25-15-13-24/h2-7,9-10H,8,11-16H2,1H3,(H2,20,21,22). The highest BCUT2D eigenvalue weighted by atomic mass is 16.5. The van der Waals surface area contributed by atoms with Crippen molar-refractivity contribution in [2.24, 2.45) is 4.99 Å². The zero-order valence-electron chi connectivity index (χ0n) is 14.8. The largest absolute Gasteiger partial charge is 0.378 e. The van der Waals surface area contributed by atoms with Crippen molar-refractivity contribution in [3.63, 3.8) is 0 Å². The molecule has 0 aliphatic carbocycles. The fourth-order valence-electron chi connectivity index (χ4n) is 2.88. The topological polar surface area (TPSA) is 53.8 Å². The number of aliphatic imine (C=N–C) groups is 1. The lowest BCUT2D eigenvalue weighted by Crippen LogP contribution is -2.38. The van der Waals surface area contributed by atoms with Gasteiger partial charge in [-0.25, -0.2) is 0 Å². The van der Waals surface area contributed by atoms with E-state index < -0.39 is 0 Å². The highest BCUT2D eigenvalue weighted by Crippen LogP contribution is 2.16. The van der Waals surface area contributed by atoms with Crippen LogP contribution in [0.15, 0.2) is 53.8 Å². The molecule has 1 fully saturated rings. The summed E-state index contributed by atoms with van der Waals surface area (Å²) in [5, 5.41) is 6.70. The van der Waals surface area contributed by atoms with Gasteiger partial charge < -0.3 is 24.8 Å². The van der Waals surface area contributed by atoms with Gasteiger partial charge in [0.15, 0.2) is 5.96 Å². The zero-order valence-corrected chi connectivity index (χ0v) is 14.8. The molecule has 0 atom stereocenters. The summed E-state index contributed by atoms with van der Waals surface area (Å²) < 4.78 is 7.55. The van der Waals surface area contributed by atoms with Crippen LogP contribution in [0, 0.1) is 0 Å². The van der Waals surface area contributed by atoms with E-state index in [0.717, 1.165) is 51.9 Å². The van der Waals surface area contributed by atoms with Crippen LogP contribution in [0.3, 0.4) is 0 Å². The van der Waals surface area contributed by atoms with Crippen molar-refractivity contribution in [3.05, 3.63) is 54.4 Å². The molecule has 25 heavy (non-hydrogen) atoms. The molecular weight excluding hydrogens is 314 g/mol. The molecule has 1 saturated heterocycles. The summed E-state index contributed by atoms with van der Waals surface area (Å²) in [6.45, 7) is 6.08. The molecule has 2 heterocycles. The van der Waals surface area contributed by atoms with Crippen LogP contribution in [0.1, 0.15) is 5.56 Å². The van der Waals surface area contributed by atoms with Gasteiger partial charge in [0.05, 0.1) is 13.2 Å². The number of ether oxygens (including phenoxy) is 1. The molecular formula is C19H27N5O. The minimum absolute atomic E-state index is 0.757. The van der Waals surface area contributed by atoms with Crippen LogP contribution in [0.4, 0.5) is 5.69 Å². The summed E-state index contributed by atoms with van der Waals surface area (Å²) in [4.78, 5) is 6.64. The molecule has 6 heteroatoms. The molecule has 0 radical (unpaired) electrons. The van der Waals surface area contributed by atoms with Gasteiger partial charge in [-0.15, -0.1) is 0 Å². The van der Waals surface area contributed by atoms with Gasteiger partial charge in [-0.1, -0.05) is 12.1 Å². The lowest BCUT2D eigenvalue weighted by molar-refractivity contribution is 0.122. The van der Waals surface area contributed by atoms with E-state index in [1.54, 1.807) is 7.05 Å². The number of guanidine groups is 1. The van der Waals surface area contributed by atoms with Gasteiger partial charge in [0.2, 0.25) is 0 Å². The Morgan fingerprint density at radius 3 is 2.48 bits per heavy atom. The van der Waals surface area contributed by atoms with Crippen LogP contribution in [-0.4, -0.2) is 50.4 Å². The molecule has 0 saturated carbocycles. The normalized spacial score (nSPS) is 15.2. The van der Waals surface area contributed by atoms with Crippen molar-refractivity contribution in [1.29, 1.82) is 0 Å². The number of nitrogens with one attached hydrogen (secondary N) is 2. The van der Waals surface area contributed by atoms with Crippen LogP contribution < -0.4 is 15.5 Å². The summed E-state index contributed by atoms with van der Waals surface area (Å²) in [5.74, 6) is 0.824. The SMILES string of the molecule is CN=C(NCCn1cccc1)NCc1ccc(N2CCOCC2)cc1. The average Bonchev–Trinajstić information content (AvgIpc) is 3.19. The lowest BCUT2D eigenvalue weighted by atomic mass is 10.2. The van der Waals surface area contributed by atoms with Crippen molar-refractivity contribution < 1.29 is 4.74 Å². The number of benzene rings is 1. The molecule has 0 unspecified atom stereocenters. The predicted molar refractivity (Wildman–Crippen MR) is 102 cm³/mol. The fraction of sp³-hybridized carbons (Fsp3) is 0.421. The predicted octanol–water partition coefficient (Wildman–Crippen LogP) is 1.69. The summed E-state index contributed by atoms with van der Waals surface area (Å²) in [7, 11) is 1.80. The Morgan fingerprint density at radius 1 is 1.08 bits per heavy atom. The Morgan fingerprint density at radius 2 is 1.80 bits per heavy atom. The average molecular weight is 341 g/mol. The molecule has 0 spiro atoms. The first-order chi connectivity index (χ1) is 12.3.